The first-order valence-electron chi connectivity index (χ1n) is 10.2. The van der Waals surface area contributed by atoms with Gasteiger partial charge in [0.05, 0.1) is 13.2 Å². The molecule has 34 heavy (non-hydrogen) atoms. The third kappa shape index (κ3) is 12.9. The summed E-state index contributed by atoms with van der Waals surface area (Å²) in [6.07, 6.45) is -1.48. The summed E-state index contributed by atoms with van der Waals surface area (Å²) >= 11 is 0. The fourth-order valence-electron chi connectivity index (χ4n) is 2.43. The lowest BCUT2D eigenvalue weighted by Gasteiger charge is -2.25. The Hall–Kier alpha value is -2.93. The van der Waals surface area contributed by atoms with Crippen molar-refractivity contribution < 1.29 is 50.9 Å². The van der Waals surface area contributed by atoms with Crippen molar-refractivity contribution in [2.24, 2.45) is 0 Å². The van der Waals surface area contributed by atoms with Gasteiger partial charge in [-0.1, -0.05) is 30.3 Å². The molecule has 0 saturated carbocycles. The molecule has 0 unspecified atom stereocenters. The third-order valence-electron chi connectivity index (χ3n) is 3.87. The zero-order valence-corrected chi connectivity index (χ0v) is 18.9. The Morgan fingerprint density at radius 1 is 0.912 bits per heavy atom. The number of nitrogens with one attached hydrogen (secondary N) is 2. The molecule has 0 radical (unpaired) electrons. The van der Waals surface area contributed by atoms with Crippen LogP contribution in [0, 0.1) is 0 Å². The fraction of sp³-hybridized carbons (Fsp3) is 0.571. The number of halogens is 4. The minimum atomic E-state index is -3.24. The number of hydrogen-bond acceptors (Lipinski definition) is 7. The van der Waals surface area contributed by atoms with Gasteiger partial charge in [0.25, 0.3) is 0 Å². The van der Waals surface area contributed by atoms with Gasteiger partial charge in [-0.25, -0.2) is 9.59 Å². The van der Waals surface area contributed by atoms with E-state index in [2.05, 4.69) is 20.1 Å². The molecule has 13 heteroatoms. The van der Waals surface area contributed by atoms with Crippen molar-refractivity contribution in [3.8, 4) is 0 Å². The highest BCUT2D eigenvalue weighted by Gasteiger charge is 2.30. The molecule has 0 saturated heterocycles. The summed E-state index contributed by atoms with van der Waals surface area (Å²) in [6, 6.07) is 5.25. The first kappa shape index (κ1) is 29.1. The lowest BCUT2D eigenvalue weighted by atomic mass is 10.1. The summed E-state index contributed by atoms with van der Waals surface area (Å²) in [6.45, 7) is -3.47. The van der Waals surface area contributed by atoms with E-state index in [1.807, 2.05) is 0 Å². The van der Waals surface area contributed by atoms with Gasteiger partial charge in [0.2, 0.25) is 5.91 Å². The maximum atomic E-state index is 12.7. The Kier molecular flexibility index (Phi) is 12.3. The van der Waals surface area contributed by atoms with Gasteiger partial charge in [-0.05, 0) is 26.3 Å². The molecule has 0 aliphatic carbocycles. The van der Waals surface area contributed by atoms with E-state index in [0.717, 1.165) is 0 Å². The van der Waals surface area contributed by atoms with Gasteiger partial charge in [-0.3, -0.25) is 4.79 Å². The average molecular weight is 496 g/mol. The predicted octanol–water partition coefficient (Wildman–Crippen LogP) is 2.98. The summed E-state index contributed by atoms with van der Waals surface area (Å²) in [4.78, 5) is 37.1. The molecule has 0 aromatic heterocycles. The van der Waals surface area contributed by atoms with Crippen molar-refractivity contribution in [2.45, 2.75) is 64.7 Å². The highest BCUT2D eigenvalue weighted by Crippen LogP contribution is 2.09. The maximum absolute atomic E-state index is 12.7. The second-order valence-electron chi connectivity index (χ2n) is 7.87. The van der Waals surface area contributed by atoms with Gasteiger partial charge < -0.3 is 29.6 Å². The maximum Gasteiger partial charge on any atom is 0.408 e. The van der Waals surface area contributed by atoms with E-state index < -0.39 is 68.5 Å². The average Bonchev–Trinajstić information content (AvgIpc) is 2.73. The van der Waals surface area contributed by atoms with Crippen molar-refractivity contribution in [1.29, 1.82) is 0 Å². The minimum Gasteiger partial charge on any atom is -0.459 e. The number of alkyl carbamates (subject to hydrolysis) is 1. The van der Waals surface area contributed by atoms with Crippen LogP contribution in [-0.4, -0.2) is 62.1 Å². The molecule has 0 spiro atoms. The molecule has 1 rings (SSSR count). The van der Waals surface area contributed by atoms with E-state index in [1.165, 1.54) is 0 Å². The zero-order chi connectivity index (χ0) is 25.7. The second-order valence-corrected chi connectivity index (χ2v) is 7.87. The molecule has 1 aromatic carbocycles. The standard InChI is InChI=1S/C21H28F4N2O7/c1-21(2,3)34-20(30)27-14(9-10-31-18(22)23)16(28)26-15(12-33-19(24)25)17(29)32-11-13-7-5-4-6-8-13/h4-8,14-15,18-19H,9-12H2,1-3H3,(H,26,28)(H,27,30)/t14-,15-/m0/s1. The van der Waals surface area contributed by atoms with Crippen molar-refractivity contribution in [1.82, 2.24) is 10.6 Å². The van der Waals surface area contributed by atoms with E-state index >= 15 is 0 Å². The molecule has 0 fully saturated rings. The molecule has 2 amide bonds. The van der Waals surface area contributed by atoms with E-state index in [9.17, 15) is 31.9 Å². The Balaban J connectivity index is 2.88. The van der Waals surface area contributed by atoms with E-state index in [-0.39, 0.29) is 6.61 Å². The van der Waals surface area contributed by atoms with Crippen LogP contribution in [0.25, 0.3) is 0 Å². The Morgan fingerprint density at radius 2 is 1.53 bits per heavy atom. The molecule has 0 aliphatic heterocycles. The normalized spacial score (nSPS) is 13.3. The summed E-state index contributed by atoms with van der Waals surface area (Å²) in [5.41, 5.74) is -0.330. The number of carbonyl (C=O) groups is 3. The smallest absolute Gasteiger partial charge is 0.408 e. The van der Waals surface area contributed by atoms with Gasteiger partial charge in [0.15, 0.2) is 6.04 Å². The fourth-order valence-corrected chi connectivity index (χ4v) is 2.43. The van der Waals surface area contributed by atoms with Gasteiger partial charge >= 0.3 is 25.3 Å². The number of esters is 1. The largest absolute Gasteiger partial charge is 0.459 e. The topological polar surface area (TPSA) is 112 Å². The van der Waals surface area contributed by atoms with Crippen LogP contribution in [0.3, 0.4) is 0 Å². The van der Waals surface area contributed by atoms with Crippen LogP contribution >= 0.6 is 0 Å². The van der Waals surface area contributed by atoms with Crippen molar-refractivity contribution in [3.05, 3.63) is 35.9 Å². The lowest BCUT2D eigenvalue weighted by molar-refractivity contribution is -0.161. The summed E-state index contributed by atoms with van der Waals surface area (Å²) in [5, 5.41) is 4.30. The number of alkyl halides is 4. The third-order valence-corrected chi connectivity index (χ3v) is 3.87. The van der Waals surface area contributed by atoms with Gasteiger partial charge in [-0.2, -0.15) is 17.6 Å². The highest BCUT2D eigenvalue weighted by atomic mass is 19.3. The number of carbonyl (C=O) groups excluding carboxylic acids is 3. The first-order valence-corrected chi connectivity index (χ1v) is 10.2. The van der Waals surface area contributed by atoms with Crippen LogP contribution in [0.4, 0.5) is 22.4 Å². The Labute approximate surface area is 194 Å². The Bertz CT molecular complexity index is 776. The molecule has 0 heterocycles. The molecule has 1 aromatic rings. The number of rotatable bonds is 13. The van der Waals surface area contributed by atoms with Crippen LogP contribution in [0.15, 0.2) is 30.3 Å². The molecule has 0 aliphatic rings. The van der Waals surface area contributed by atoms with Crippen LogP contribution < -0.4 is 10.6 Å². The summed E-state index contributed by atoms with van der Waals surface area (Å²) in [5.74, 6) is -2.14. The van der Waals surface area contributed by atoms with Crippen LogP contribution in [0.2, 0.25) is 0 Å². The van der Waals surface area contributed by atoms with Crippen LogP contribution in [0.5, 0.6) is 0 Å². The first-order chi connectivity index (χ1) is 15.9. The summed E-state index contributed by atoms with van der Waals surface area (Å²) in [7, 11) is 0. The quantitative estimate of drug-likeness (QED) is 0.319. The van der Waals surface area contributed by atoms with Crippen molar-refractivity contribution in [3.63, 3.8) is 0 Å². The van der Waals surface area contributed by atoms with E-state index in [1.54, 1.807) is 51.1 Å². The van der Waals surface area contributed by atoms with Crippen molar-refractivity contribution >= 4 is 18.0 Å². The highest BCUT2D eigenvalue weighted by molar-refractivity contribution is 5.89. The van der Waals surface area contributed by atoms with Gasteiger partial charge in [0, 0.05) is 6.42 Å². The molecule has 192 valence electrons. The van der Waals surface area contributed by atoms with E-state index in [0.29, 0.717) is 5.56 Å². The zero-order valence-electron chi connectivity index (χ0n) is 18.9. The lowest BCUT2D eigenvalue weighted by Crippen LogP contribution is -2.54. The number of amides is 2. The second kappa shape index (κ2) is 14.4. The molecular formula is C21H28F4N2O7. The van der Waals surface area contributed by atoms with E-state index in [4.69, 9.17) is 9.47 Å². The SMILES string of the molecule is CC(C)(C)OC(=O)N[C@@H](CCOC(F)F)C(=O)N[C@@H](COC(F)F)C(=O)OCc1ccccc1. The van der Waals surface area contributed by atoms with Crippen LogP contribution in [-0.2, 0) is 35.1 Å². The molecule has 2 N–H and O–H groups in total. The van der Waals surface area contributed by atoms with Crippen LogP contribution in [0.1, 0.15) is 32.8 Å². The number of ether oxygens (including phenoxy) is 4. The van der Waals surface area contributed by atoms with Gasteiger partial charge in [0.1, 0.15) is 18.2 Å². The van der Waals surface area contributed by atoms with Gasteiger partial charge in [-0.15, -0.1) is 0 Å². The molecule has 9 nitrogen and oxygen atoms in total. The predicted molar refractivity (Wildman–Crippen MR) is 110 cm³/mol. The number of hydrogen-bond donors (Lipinski definition) is 2. The minimum absolute atomic E-state index is 0.206. The monoisotopic (exact) mass is 496 g/mol. The number of benzene rings is 1. The van der Waals surface area contributed by atoms with Crippen molar-refractivity contribution in [2.75, 3.05) is 13.2 Å². The molecule has 2 atom stereocenters. The molecular weight excluding hydrogens is 468 g/mol. The summed E-state index contributed by atoms with van der Waals surface area (Å²) < 4.78 is 68.0. The molecule has 0 bridgehead atoms. The Morgan fingerprint density at radius 3 is 2.09 bits per heavy atom.